The summed E-state index contributed by atoms with van der Waals surface area (Å²) in [7, 11) is 0. The number of carbonyl (C=O) groups is 2. The second-order valence-corrected chi connectivity index (χ2v) is 4.64. The van der Waals surface area contributed by atoms with Crippen LogP contribution in [0.3, 0.4) is 0 Å². The van der Waals surface area contributed by atoms with Crippen molar-refractivity contribution in [1.82, 2.24) is 5.32 Å². The molecule has 5 nitrogen and oxygen atoms in total. The first-order chi connectivity index (χ1) is 10.2. The molecule has 0 atom stereocenters. The predicted molar refractivity (Wildman–Crippen MR) is 79.9 cm³/mol. The van der Waals surface area contributed by atoms with Gasteiger partial charge in [0.05, 0.1) is 12.8 Å². The topological polar surface area (TPSA) is 71.3 Å². The fraction of sp³-hybridized carbons (Fsp3) is 0.250. The first-order valence-corrected chi connectivity index (χ1v) is 6.89. The van der Waals surface area contributed by atoms with Gasteiger partial charge in [-0.2, -0.15) is 0 Å². The van der Waals surface area contributed by atoms with Gasteiger partial charge >= 0.3 is 0 Å². The minimum absolute atomic E-state index is 0.0503. The third kappa shape index (κ3) is 4.49. The molecule has 1 aromatic heterocycles. The van der Waals surface area contributed by atoms with E-state index in [4.69, 9.17) is 4.42 Å². The lowest BCUT2D eigenvalue weighted by Gasteiger charge is -2.07. The summed E-state index contributed by atoms with van der Waals surface area (Å²) in [6, 6.07) is 10.4. The molecule has 0 spiro atoms. The lowest BCUT2D eigenvalue weighted by atomic mass is 10.2. The summed E-state index contributed by atoms with van der Waals surface area (Å²) in [6.45, 7) is 2.27. The summed E-state index contributed by atoms with van der Waals surface area (Å²) in [6.07, 6.45) is 2.81. The minimum Gasteiger partial charge on any atom is -0.467 e. The number of rotatable bonds is 6. The van der Waals surface area contributed by atoms with E-state index in [1.54, 1.807) is 42.7 Å². The maximum atomic E-state index is 12.0. The maximum absolute atomic E-state index is 12.0. The van der Waals surface area contributed by atoms with E-state index in [0.29, 0.717) is 30.0 Å². The first-order valence-electron chi connectivity index (χ1n) is 6.89. The fourth-order valence-corrected chi connectivity index (χ4v) is 1.87. The summed E-state index contributed by atoms with van der Waals surface area (Å²) < 4.78 is 5.15. The van der Waals surface area contributed by atoms with Crippen LogP contribution in [-0.2, 0) is 11.3 Å². The standard InChI is InChI=1S/C16H18N2O3/c1-2-5-15(19)18-13-7-3-6-12(10-13)16(20)17-11-14-8-4-9-21-14/h3-4,6-10H,2,5,11H2,1H3,(H,17,20)(H,18,19). The van der Waals surface area contributed by atoms with E-state index in [-0.39, 0.29) is 11.8 Å². The minimum atomic E-state index is -0.210. The van der Waals surface area contributed by atoms with Crippen LogP contribution in [0.1, 0.15) is 35.9 Å². The van der Waals surface area contributed by atoms with Gasteiger partial charge in [-0.25, -0.2) is 0 Å². The Kier molecular flexibility index (Phi) is 5.15. The van der Waals surface area contributed by atoms with Crippen LogP contribution in [0.25, 0.3) is 0 Å². The molecule has 0 saturated heterocycles. The largest absolute Gasteiger partial charge is 0.467 e. The van der Waals surface area contributed by atoms with Crippen LogP contribution in [0, 0.1) is 0 Å². The van der Waals surface area contributed by atoms with E-state index in [1.165, 1.54) is 0 Å². The van der Waals surface area contributed by atoms with Crippen molar-refractivity contribution in [2.45, 2.75) is 26.3 Å². The Labute approximate surface area is 123 Å². The Morgan fingerprint density at radius 1 is 1.19 bits per heavy atom. The molecule has 0 aliphatic carbocycles. The van der Waals surface area contributed by atoms with Crippen molar-refractivity contribution in [3.8, 4) is 0 Å². The van der Waals surface area contributed by atoms with Crippen molar-refractivity contribution < 1.29 is 14.0 Å². The Hall–Kier alpha value is -2.56. The molecule has 0 fully saturated rings. The summed E-state index contributed by atoms with van der Waals surface area (Å²) in [5, 5.41) is 5.53. The molecular formula is C16H18N2O3. The van der Waals surface area contributed by atoms with E-state index in [1.807, 2.05) is 6.92 Å². The Balaban J connectivity index is 1.96. The molecule has 110 valence electrons. The van der Waals surface area contributed by atoms with Gasteiger partial charge in [0.2, 0.25) is 5.91 Å². The molecule has 2 aromatic rings. The van der Waals surface area contributed by atoms with Gasteiger partial charge in [0.1, 0.15) is 5.76 Å². The van der Waals surface area contributed by atoms with Crippen molar-refractivity contribution in [3.05, 3.63) is 54.0 Å². The van der Waals surface area contributed by atoms with Crippen LogP contribution in [0.15, 0.2) is 47.1 Å². The number of anilines is 1. The molecule has 1 heterocycles. The number of hydrogen-bond acceptors (Lipinski definition) is 3. The lowest BCUT2D eigenvalue weighted by molar-refractivity contribution is -0.116. The van der Waals surface area contributed by atoms with Crippen molar-refractivity contribution >= 4 is 17.5 Å². The molecule has 0 radical (unpaired) electrons. The lowest BCUT2D eigenvalue weighted by Crippen LogP contribution is -2.22. The van der Waals surface area contributed by atoms with Crippen molar-refractivity contribution in [2.24, 2.45) is 0 Å². The van der Waals surface area contributed by atoms with Crippen LogP contribution in [0.2, 0.25) is 0 Å². The van der Waals surface area contributed by atoms with Crippen LogP contribution in [-0.4, -0.2) is 11.8 Å². The number of nitrogens with one attached hydrogen (secondary N) is 2. The molecule has 0 saturated carbocycles. The molecule has 2 amide bonds. The highest BCUT2D eigenvalue weighted by Crippen LogP contribution is 2.11. The van der Waals surface area contributed by atoms with Gasteiger partial charge in [-0.1, -0.05) is 13.0 Å². The van der Waals surface area contributed by atoms with E-state index in [9.17, 15) is 9.59 Å². The predicted octanol–water partition coefficient (Wildman–Crippen LogP) is 2.95. The first kappa shape index (κ1) is 14.8. The Morgan fingerprint density at radius 2 is 2.05 bits per heavy atom. The molecule has 0 aliphatic heterocycles. The highest BCUT2D eigenvalue weighted by molar-refractivity contribution is 5.97. The van der Waals surface area contributed by atoms with Gasteiger partial charge in [-0.3, -0.25) is 9.59 Å². The highest BCUT2D eigenvalue weighted by atomic mass is 16.3. The zero-order valence-electron chi connectivity index (χ0n) is 11.9. The zero-order valence-corrected chi connectivity index (χ0v) is 11.9. The third-order valence-electron chi connectivity index (χ3n) is 2.89. The molecule has 0 unspecified atom stereocenters. The Morgan fingerprint density at radius 3 is 2.76 bits per heavy atom. The average molecular weight is 286 g/mol. The molecule has 0 aliphatic rings. The van der Waals surface area contributed by atoms with Crippen LogP contribution < -0.4 is 10.6 Å². The maximum Gasteiger partial charge on any atom is 0.251 e. The summed E-state index contributed by atoms with van der Waals surface area (Å²) >= 11 is 0. The summed E-state index contributed by atoms with van der Waals surface area (Å²) in [4.78, 5) is 23.6. The second-order valence-electron chi connectivity index (χ2n) is 4.64. The summed E-state index contributed by atoms with van der Waals surface area (Å²) in [5.41, 5.74) is 1.12. The van der Waals surface area contributed by atoms with Gasteiger partial charge in [-0.05, 0) is 36.8 Å². The Bertz CT molecular complexity index is 606. The molecule has 1 aromatic carbocycles. The van der Waals surface area contributed by atoms with Crippen LogP contribution in [0.4, 0.5) is 5.69 Å². The van der Waals surface area contributed by atoms with E-state index < -0.39 is 0 Å². The van der Waals surface area contributed by atoms with Gasteiger partial charge in [0.15, 0.2) is 0 Å². The fourth-order valence-electron chi connectivity index (χ4n) is 1.87. The van der Waals surface area contributed by atoms with Crippen molar-refractivity contribution in [3.63, 3.8) is 0 Å². The van der Waals surface area contributed by atoms with Crippen LogP contribution >= 0.6 is 0 Å². The number of amides is 2. The van der Waals surface area contributed by atoms with E-state index >= 15 is 0 Å². The second kappa shape index (κ2) is 7.28. The quantitative estimate of drug-likeness (QED) is 0.857. The molecule has 5 heteroatoms. The monoisotopic (exact) mass is 286 g/mol. The van der Waals surface area contributed by atoms with Gasteiger partial charge < -0.3 is 15.1 Å². The van der Waals surface area contributed by atoms with Gasteiger partial charge in [-0.15, -0.1) is 0 Å². The zero-order chi connectivity index (χ0) is 15.1. The molecular weight excluding hydrogens is 268 g/mol. The third-order valence-corrected chi connectivity index (χ3v) is 2.89. The highest BCUT2D eigenvalue weighted by Gasteiger charge is 2.08. The number of hydrogen-bond donors (Lipinski definition) is 2. The van der Waals surface area contributed by atoms with Crippen molar-refractivity contribution in [1.29, 1.82) is 0 Å². The van der Waals surface area contributed by atoms with Gasteiger partial charge in [0.25, 0.3) is 5.91 Å². The number of carbonyl (C=O) groups excluding carboxylic acids is 2. The average Bonchev–Trinajstić information content (AvgIpc) is 2.98. The molecule has 2 N–H and O–H groups in total. The van der Waals surface area contributed by atoms with E-state index in [0.717, 1.165) is 6.42 Å². The normalized spacial score (nSPS) is 10.1. The molecule has 0 bridgehead atoms. The molecule has 2 rings (SSSR count). The smallest absolute Gasteiger partial charge is 0.251 e. The SMILES string of the molecule is CCCC(=O)Nc1cccc(C(=O)NCc2ccco2)c1. The van der Waals surface area contributed by atoms with Gasteiger partial charge in [0, 0.05) is 17.7 Å². The molecule has 21 heavy (non-hydrogen) atoms. The number of furan rings is 1. The summed E-state index contributed by atoms with van der Waals surface area (Å²) in [5.74, 6) is 0.430. The van der Waals surface area contributed by atoms with Crippen molar-refractivity contribution in [2.75, 3.05) is 5.32 Å². The number of benzene rings is 1. The van der Waals surface area contributed by atoms with E-state index in [2.05, 4.69) is 10.6 Å². The van der Waals surface area contributed by atoms with Crippen LogP contribution in [0.5, 0.6) is 0 Å².